The first-order chi connectivity index (χ1) is 14.5. The number of rotatable bonds is 4. The maximum Gasteiger partial charge on any atom is 0.270 e. The molecular weight excluding hydrogens is 454 g/mol. The quantitative estimate of drug-likeness (QED) is 0.495. The van der Waals surface area contributed by atoms with E-state index in [0.29, 0.717) is 58.0 Å². The van der Waals surface area contributed by atoms with Crippen LogP contribution in [-0.2, 0) is 4.74 Å². The number of hydrogen-bond acceptors (Lipinski definition) is 7. The summed E-state index contributed by atoms with van der Waals surface area (Å²) in [6, 6.07) is 8.42. The number of benzene rings is 1. The maximum absolute atomic E-state index is 13.3. The number of piperazine rings is 1. The lowest BCUT2D eigenvalue weighted by atomic mass is 10.1. The van der Waals surface area contributed by atoms with E-state index in [1.807, 2.05) is 12.1 Å². The van der Waals surface area contributed by atoms with Crippen LogP contribution in [0.1, 0.15) is 10.4 Å². The topological polar surface area (TPSA) is 92.0 Å². The average Bonchev–Trinajstić information content (AvgIpc) is 2.79. The van der Waals surface area contributed by atoms with Gasteiger partial charge in [0.05, 0.1) is 29.4 Å². The van der Waals surface area contributed by atoms with E-state index >= 15 is 0 Å². The van der Waals surface area contributed by atoms with Gasteiger partial charge in [-0.1, -0.05) is 0 Å². The minimum atomic E-state index is -0.461. The van der Waals surface area contributed by atoms with Crippen molar-refractivity contribution in [1.82, 2.24) is 9.88 Å². The Hall–Kier alpha value is -2.72. The molecule has 0 radical (unpaired) electrons. The standard InChI is InChI=1S/C20H22BrN5O4/c21-15-1-4-19(22-14-15)24-5-7-25(8-6-24)20(27)17-13-16(26(28)29)2-3-18(17)23-9-11-30-12-10-23/h1-4,13-14H,5-12H2. The molecule has 10 heteroatoms. The number of pyridine rings is 1. The third kappa shape index (κ3) is 4.39. The molecule has 0 bridgehead atoms. The van der Waals surface area contributed by atoms with Crippen LogP contribution in [0.2, 0.25) is 0 Å². The molecule has 0 unspecified atom stereocenters. The zero-order chi connectivity index (χ0) is 21.1. The summed E-state index contributed by atoms with van der Waals surface area (Å²) >= 11 is 3.39. The lowest BCUT2D eigenvalue weighted by Gasteiger charge is -2.36. The van der Waals surface area contributed by atoms with Crippen LogP contribution in [0.5, 0.6) is 0 Å². The average molecular weight is 476 g/mol. The van der Waals surface area contributed by atoms with Crippen LogP contribution >= 0.6 is 15.9 Å². The highest BCUT2D eigenvalue weighted by molar-refractivity contribution is 9.10. The predicted molar refractivity (Wildman–Crippen MR) is 116 cm³/mol. The van der Waals surface area contributed by atoms with Crippen molar-refractivity contribution in [3.05, 3.63) is 56.7 Å². The molecule has 3 heterocycles. The Morgan fingerprint density at radius 3 is 2.40 bits per heavy atom. The molecule has 0 saturated carbocycles. The molecule has 30 heavy (non-hydrogen) atoms. The number of nitrogens with zero attached hydrogens (tertiary/aromatic N) is 5. The summed E-state index contributed by atoms with van der Waals surface area (Å²) in [5.74, 6) is 0.693. The second-order valence-electron chi connectivity index (χ2n) is 7.17. The molecule has 0 N–H and O–H groups in total. The van der Waals surface area contributed by atoms with Crippen LogP contribution in [0.15, 0.2) is 41.0 Å². The van der Waals surface area contributed by atoms with Crippen LogP contribution in [0.25, 0.3) is 0 Å². The van der Waals surface area contributed by atoms with E-state index in [0.717, 1.165) is 16.0 Å². The molecule has 0 aliphatic carbocycles. The van der Waals surface area contributed by atoms with Gasteiger partial charge in [-0.15, -0.1) is 0 Å². The number of hydrogen-bond donors (Lipinski definition) is 0. The number of anilines is 2. The molecule has 2 aromatic rings. The van der Waals surface area contributed by atoms with Gasteiger partial charge in [-0.2, -0.15) is 0 Å². The van der Waals surface area contributed by atoms with E-state index in [4.69, 9.17) is 4.74 Å². The molecule has 0 atom stereocenters. The zero-order valence-corrected chi connectivity index (χ0v) is 18.0. The molecule has 4 rings (SSSR count). The molecule has 1 aromatic heterocycles. The van der Waals surface area contributed by atoms with Crippen LogP contribution in [0.4, 0.5) is 17.2 Å². The number of nitro benzene ring substituents is 1. The molecule has 1 amide bonds. The summed E-state index contributed by atoms with van der Waals surface area (Å²) in [6.07, 6.45) is 1.75. The number of nitro groups is 1. The van der Waals surface area contributed by atoms with Crippen molar-refractivity contribution in [1.29, 1.82) is 0 Å². The maximum atomic E-state index is 13.3. The van der Waals surface area contributed by atoms with Crippen molar-refractivity contribution in [2.75, 3.05) is 62.3 Å². The molecule has 2 fully saturated rings. The smallest absolute Gasteiger partial charge is 0.270 e. The van der Waals surface area contributed by atoms with Crippen molar-refractivity contribution in [3.63, 3.8) is 0 Å². The molecule has 158 valence electrons. The molecule has 2 aliphatic rings. The van der Waals surface area contributed by atoms with Crippen LogP contribution < -0.4 is 9.80 Å². The van der Waals surface area contributed by atoms with Gasteiger partial charge in [-0.05, 0) is 34.1 Å². The Balaban J connectivity index is 1.52. The first kappa shape index (κ1) is 20.5. The Morgan fingerprint density at radius 2 is 1.77 bits per heavy atom. The Kier molecular flexibility index (Phi) is 6.14. The molecule has 2 saturated heterocycles. The normalized spacial score (nSPS) is 17.2. The summed E-state index contributed by atoms with van der Waals surface area (Å²) in [7, 11) is 0. The second-order valence-corrected chi connectivity index (χ2v) is 8.09. The summed E-state index contributed by atoms with van der Waals surface area (Å²) in [6.45, 7) is 4.82. The first-order valence-corrected chi connectivity index (χ1v) is 10.6. The number of non-ortho nitro benzene ring substituents is 1. The summed E-state index contributed by atoms with van der Waals surface area (Å²) in [5, 5.41) is 11.3. The summed E-state index contributed by atoms with van der Waals surface area (Å²) in [4.78, 5) is 34.5. The Bertz CT molecular complexity index is 925. The summed E-state index contributed by atoms with van der Waals surface area (Å²) < 4.78 is 6.32. The van der Waals surface area contributed by atoms with Gasteiger partial charge in [0, 0.05) is 62.1 Å². The zero-order valence-electron chi connectivity index (χ0n) is 16.4. The third-order valence-electron chi connectivity index (χ3n) is 5.38. The predicted octanol–water partition coefficient (Wildman–Crippen LogP) is 2.55. The number of morpholine rings is 1. The minimum Gasteiger partial charge on any atom is -0.378 e. The number of ether oxygens (including phenoxy) is 1. The van der Waals surface area contributed by atoms with Gasteiger partial charge in [0.2, 0.25) is 0 Å². The fourth-order valence-corrected chi connectivity index (χ4v) is 3.99. The number of aromatic nitrogens is 1. The van der Waals surface area contributed by atoms with Gasteiger partial charge in [0.25, 0.3) is 11.6 Å². The monoisotopic (exact) mass is 475 g/mol. The van der Waals surface area contributed by atoms with Crippen molar-refractivity contribution < 1.29 is 14.5 Å². The van der Waals surface area contributed by atoms with Crippen molar-refractivity contribution in [2.24, 2.45) is 0 Å². The number of carbonyl (C=O) groups is 1. The lowest BCUT2D eigenvalue weighted by molar-refractivity contribution is -0.384. The highest BCUT2D eigenvalue weighted by Crippen LogP contribution is 2.28. The van der Waals surface area contributed by atoms with Crippen LogP contribution in [0.3, 0.4) is 0 Å². The van der Waals surface area contributed by atoms with Crippen molar-refractivity contribution in [2.45, 2.75) is 0 Å². The van der Waals surface area contributed by atoms with Gasteiger partial charge in [-0.3, -0.25) is 14.9 Å². The van der Waals surface area contributed by atoms with Gasteiger partial charge in [0.15, 0.2) is 0 Å². The van der Waals surface area contributed by atoms with E-state index in [1.54, 1.807) is 17.2 Å². The number of halogens is 1. The van der Waals surface area contributed by atoms with Crippen LogP contribution in [-0.4, -0.2) is 73.2 Å². The van der Waals surface area contributed by atoms with E-state index in [2.05, 4.69) is 30.7 Å². The highest BCUT2D eigenvalue weighted by atomic mass is 79.9. The fourth-order valence-electron chi connectivity index (χ4n) is 3.75. The van der Waals surface area contributed by atoms with Gasteiger partial charge in [-0.25, -0.2) is 4.98 Å². The highest BCUT2D eigenvalue weighted by Gasteiger charge is 2.28. The first-order valence-electron chi connectivity index (χ1n) is 9.80. The molecular formula is C20H22BrN5O4. The van der Waals surface area contributed by atoms with Gasteiger partial charge >= 0.3 is 0 Å². The van der Waals surface area contributed by atoms with E-state index in [-0.39, 0.29) is 11.6 Å². The Morgan fingerprint density at radius 1 is 1.03 bits per heavy atom. The van der Waals surface area contributed by atoms with E-state index < -0.39 is 4.92 Å². The molecule has 2 aliphatic heterocycles. The fraction of sp³-hybridized carbons (Fsp3) is 0.400. The number of carbonyl (C=O) groups excluding carboxylic acids is 1. The SMILES string of the molecule is O=C(c1cc([N+](=O)[O-])ccc1N1CCOCC1)N1CCN(c2ccc(Br)cn2)CC1. The third-order valence-corrected chi connectivity index (χ3v) is 5.84. The van der Waals surface area contributed by atoms with Gasteiger partial charge < -0.3 is 19.4 Å². The lowest BCUT2D eigenvalue weighted by Crippen LogP contribution is -2.49. The van der Waals surface area contributed by atoms with E-state index in [1.165, 1.54) is 12.1 Å². The molecule has 0 spiro atoms. The van der Waals surface area contributed by atoms with E-state index in [9.17, 15) is 14.9 Å². The van der Waals surface area contributed by atoms with Crippen molar-refractivity contribution >= 4 is 39.0 Å². The molecule has 1 aromatic carbocycles. The largest absolute Gasteiger partial charge is 0.378 e. The van der Waals surface area contributed by atoms with Gasteiger partial charge in [0.1, 0.15) is 5.82 Å². The second kappa shape index (κ2) is 8.97. The van der Waals surface area contributed by atoms with Crippen LogP contribution in [0, 0.1) is 10.1 Å². The number of amides is 1. The van der Waals surface area contributed by atoms with Crippen molar-refractivity contribution in [3.8, 4) is 0 Å². The minimum absolute atomic E-state index is 0.0759. The Labute approximate surface area is 182 Å². The molecule has 9 nitrogen and oxygen atoms in total. The summed E-state index contributed by atoms with van der Waals surface area (Å²) in [5.41, 5.74) is 1.03.